The van der Waals surface area contributed by atoms with Crippen LogP contribution in [0.4, 0.5) is 0 Å². The van der Waals surface area contributed by atoms with Gasteiger partial charge in [0.05, 0.1) is 0 Å². The summed E-state index contributed by atoms with van der Waals surface area (Å²) < 4.78 is 5.37. The minimum atomic E-state index is -0.979. The number of ether oxygens (including phenoxy) is 1. The van der Waals surface area contributed by atoms with Crippen molar-refractivity contribution in [2.45, 2.75) is 11.8 Å². The van der Waals surface area contributed by atoms with Gasteiger partial charge in [0.15, 0.2) is 6.61 Å². The zero-order valence-corrected chi connectivity index (χ0v) is 23.2. The molecule has 0 atom stereocenters. The number of thioether (sulfide) groups is 1. The van der Waals surface area contributed by atoms with Crippen molar-refractivity contribution in [2.75, 3.05) is 12.4 Å². The third-order valence-corrected chi connectivity index (χ3v) is 8.80. The second-order valence-corrected chi connectivity index (χ2v) is 11.6. The number of carboxylic acids is 1. The highest BCUT2D eigenvalue weighted by Crippen LogP contribution is 2.32. The number of benzene rings is 3. The van der Waals surface area contributed by atoms with Crippen molar-refractivity contribution in [3.8, 4) is 26.6 Å². The Morgan fingerprint density at radius 3 is 1.89 bits per heavy atom. The maximum absolute atomic E-state index is 10.8. The number of hydrogen-bond acceptors (Lipinski definition) is 5. The Morgan fingerprint density at radius 1 is 0.842 bits per heavy atom. The normalized spacial score (nSPS) is 10.8. The predicted octanol–water partition coefficient (Wildman–Crippen LogP) is 9.14. The molecule has 0 amide bonds. The summed E-state index contributed by atoms with van der Waals surface area (Å²) in [6, 6.07) is 31.9. The molecule has 3 aromatic carbocycles. The molecule has 5 rings (SSSR count). The lowest BCUT2D eigenvalue weighted by Crippen LogP contribution is -2.09. The molecule has 6 heteroatoms. The van der Waals surface area contributed by atoms with Crippen LogP contribution in [0.2, 0.25) is 0 Å². The number of aliphatic carboxylic acids is 1. The summed E-state index contributed by atoms with van der Waals surface area (Å²) in [6.45, 7) is 1.60. The molecule has 0 aliphatic rings. The molecule has 0 saturated carbocycles. The van der Waals surface area contributed by atoms with Crippen molar-refractivity contribution in [3.05, 3.63) is 125 Å². The fraction of sp³-hybridized carbons (Fsp3) is 0.0938. The Bertz CT molecular complexity index is 1440. The third-order valence-electron chi connectivity index (χ3n) is 6.04. The first-order valence-electron chi connectivity index (χ1n) is 12.1. The number of aryl methyl sites for hydroxylation is 1. The zero-order valence-electron chi connectivity index (χ0n) is 20.8. The quantitative estimate of drug-likeness (QED) is 0.175. The topological polar surface area (TPSA) is 46.5 Å². The molecule has 0 aliphatic carbocycles. The molecule has 0 spiro atoms. The number of carboxylic acid groups (broad SMARTS) is 1. The van der Waals surface area contributed by atoms with Crippen LogP contribution in [0.5, 0.6) is 5.75 Å². The SMILES string of the molecule is Cc1cc(SCC=C(c2ccc(-c3cccs3)cc2)c2ccc(-c3cccs3)cc2)ccc1OCC(=O)O. The summed E-state index contributed by atoms with van der Waals surface area (Å²) in [5, 5.41) is 13.1. The first-order chi connectivity index (χ1) is 18.6. The molecule has 3 nitrogen and oxygen atoms in total. The molecular formula is C32H26O3S3. The number of thiophene rings is 2. The van der Waals surface area contributed by atoms with E-state index in [9.17, 15) is 4.79 Å². The van der Waals surface area contributed by atoms with Gasteiger partial charge in [-0.15, -0.1) is 34.4 Å². The first-order valence-corrected chi connectivity index (χ1v) is 14.9. The van der Waals surface area contributed by atoms with E-state index in [0.29, 0.717) is 5.75 Å². The van der Waals surface area contributed by atoms with Gasteiger partial charge in [-0.25, -0.2) is 4.79 Å². The lowest BCUT2D eigenvalue weighted by atomic mass is 9.95. The molecule has 190 valence electrons. The highest BCUT2D eigenvalue weighted by atomic mass is 32.2. The molecule has 0 bridgehead atoms. The van der Waals surface area contributed by atoms with Crippen molar-refractivity contribution < 1.29 is 14.6 Å². The average Bonchev–Trinajstić information content (AvgIpc) is 3.66. The van der Waals surface area contributed by atoms with Crippen LogP contribution >= 0.6 is 34.4 Å². The minimum absolute atomic E-state index is 0.337. The molecule has 5 aromatic rings. The summed E-state index contributed by atoms with van der Waals surface area (Å²) in [6.07, 6.45) is 2.29. The van der Waals surface area contributed by atoms with E-state index in [4.69, 9.17) is 9.84 Å². The van der Waals surface area contributed by atoms with Crippen molar-refractivity contribution in [3.63, 3.8) is 0 Å². The fourth-order valence-electron chi connectivity index (χ4n) is 4.15. The van der Waals surface area contributed by atoms with Gasteiger partial charge in [-0.2, -0.15) is 0 Å². The number of carbonyl (C=O) groups is 1. The molecule has 1 N–H and O–H groups in total. The van der Waals surface area contributed by atoms with E-state index in [1.165, 1.54) is 37.6 Å². The standard InChI is InChI=1S/C32H26O3S3/c1-22-20-27(14-15-29(22)35-21-32(33)34)36-19-16-28(23-6-10-25(11-7-23)30-4-2-17-37-30)24-8-12-26(13-9-24)31-5-3-18-38-31/h2-18,20H,19,21H2,1H3,(H,33,34). The van der Waals surface area contributed by atoms with Crippen LogP contribution in [0.1, 0.15) is 16.7 Å². The molecule has 0 fully saturated rings. The van der Waals surface area contributed by atoms with Crippen LogP contribution in [-0.2, 0) is 4.79 Å². The second-order valence-electron chi connectivity index (χ2n) is 8.65. The van der Waals surface area contributed by atoms with Gasteiger partial charge in [0, 0.05) is 20.4 Å². The van der Waals surface area contributed by atoms with Crippen molar-refractivity contribution in [1.29, 1.82) is 0 Å². The maximum atomic E-state index is 10.8. The third kappa shape index (κ3) is 6.45. The van der Waals surface area contributed by atoms with Crippen molar-refractivity contribution in [1.82, 2.24) is 0 Å². The van der Waals surface area contributed by atoms with E-state index in [1.54, 1.807) is 34.4 Å². The molecule has 2 heterocycles. The smallest absolute Gasteiger partial charge is 0.341 e. The molecule has 2 aromatic heterocycles. The van der Waals surface area contributed by atoms with Gasteiger partial charge < -0.3 is 9.84 Å². The fourth-order valence-corrected chi connectivity index (χ4v) is 6.48. The summed E-state index contributed by atoms with van der Waals surface area (Å²) >= 11 is 5.24. The summed E-state index contributed by atoms with van der Waals surface area (Å²) in [4.78, 5) is 14.5. The highest BCUT2D eigenvalue weighted by Gasteiger charge is 2.09. The second kappa shape index (κ2) is 12.3. The Labute approximate surface area is 235 Å². The molecule has 38 heavy (non-hydrogen) atoms. The van der Waals surface area contributed by atoms with E-state index in [-0.39, 0.29) is 6.61 Å². The van der Waals surface area contributed by atoms with Gasteiger partial charge in [0.25, 0.3) is 0 Å². The zero-order chi connectivity index (χ0) is 26.3. The maximum Gasteiger partial charge on any atom is 0.341 e. The molecule has 0 saturated heterocycles. The van der Waals surface area contributed by atoms with Gasteiger partial charge in [0.1, 0.15) is 5.75 Å². The van der Waals surface area contributed by atoms with Crippen LogP contribution in [0.15, 0.2) is 113 Å². The van der Waals surface area contributed by atoms with E-state index in [0.717, 1.165) is 16.2 Å². The lowest BCUT2D eigenvalue weighted by Gasteiger charge is -2.12. The highest BCUT2D eigenvalue weighted by molar-refractivity contribution is 7.99. The molecule has 0 unspecified atom stereocenters. The van der Waals surface area contributed by atoms with E-state index in [2.05, 4.69) is 89.6 Å². The average molecular weight is 555 g/mol. The van der Waals surface area contributed by atoms with Gasteiger partial charge >= 0.3 is 5.97 Å². The van der Waals surface area contributed by atoms with E-state index < -0.39 is 5.97 Å². The Kier molecular flexibility index (Phi) is 8.44. The van der Waals surface area contributed by atoms with Crippen molar-refractivity contribution >= 4 is 46.0 Å². The summed E-state index contributed by atoms with van der Waals surface area (Å²) in [5.74, 6) is 0.417. The largest absolute Gasteiger partial charge is 0.482 e. The molecule has 0 aliphatic heterocycles. The van der Waals surface area contributed by atoms with Crippen LogP contribution in [0.25, 0.3) is 26.5 Å². The first kappa shape index (κ1) is 26.0. The van der Waals surface area contributed by atoms with Crippen LogP contribution < -0.4 is 4.74 Å². The molecule has 0 radical (unpaired) electrons. The number of rotatable bonds is 10. The van der Waals surface area contributed by atoms with Gasteiger partial charge in [-0.3, -0.25) is 0 Å². The predicted molar refractivity (Wildman–Crippen MR) is 162 cm³/mol. The van der Waals surface area contributed by atoms with Gasteiger partial charge in [0.2, 0.25) is 0 Å². The number of hydrogen-bond donors (Lipinski definition) is 1. The Morgan fingerprint density at radius 2 is 1.42 bits per heavy atom. The van der Waals surface area contributed by atoms with Crippen LogP contribution in [0, 0.1) is 6.92 Å². The minimum Gasteiger partial charge on any atom is -0.482 e. The van der Waals surface area contributed by atoms with Crippen LogP contribution in [-0.4, -0.2) is 23.4 Å². The molecular weight excluding hydrogens is 529 g/mol. The monoisotopic (exact) mass is 554 g/mol. The van der Waals surface area contributed by atoms with E-state index in [1.807, 2.05) is 25.1 Å². The Hall–Kier alpha value is -3.58. The summed E-state index contributed by atoms with van der Waals surface area (Å²) in [5.41, 5.74) is 6.95. The van der Waals surface area contributed by atoms with Crippen molar-refractivity contribution in [2.24, 2.45) is 0 Å². The van der Waals surface area contributed by atoms with Crippen LogP contribution in [0.3, 0.4) is 0 Å². The lowest BCUT2D eigenvalue weighted by molar-refractivity contribution is -0.139. The Balaban J connectivity index is 1.38. The van der Waals surface area contributed by atoms with Gasteiger partial charge in [-0.05, 0) is 81.4 Å². The van der Waals surface area contributed by atoms with E-state index >= 15 is 0 Å². The summed E-state index contributed by atoms with van der Waals surface area (Å²) in [7, 11) is 0. The van der Waals surface area contributed by atoms with Gasteiger partial charge in [-0.1, -0.05) is 66.7 Å².